The van der Waals surface area contributed by atoms with Crippen molar-refractivity contribution in [3.63, 3.8) is 0 Å². The van der Waals surface area contributed by atoms with Gasteiger partial charge in [0, 0.05) is 32.2 Å². The molecule has 2 N–H and O–H groups in total. The highest BCUT2D eigenvalue weighted by atomic mass is 19.3. The van der Waals surface area contributed by atoms with Gasteiger partial charge in [0.05, 0.1) is 12.6 Å². The van der Waals surface area contributed by atoms with Gasteiger partial charge in [-0.05, 0) is 25.7 Å². The Morgan fingerprint density at radius 3 is 2.22 bits per heavy atom. The molecule has 1 aliphatic carbocycles. The van der Waals surface area contributed by atoms with Crippen molar-refractivity contribution in [3.8, 4) is 0 Å². The molecule has 1 saturated heterocycles. The number of carbonyl (C=O) groups excluding carboxylic acids is 1. The number of nitrogens with zero attached hydrogens (tertiary/aromatic N) is 2. The molecule has 1 aliphatic heterocycles. The van der Waals surface area contributed by atoms with Crippen LogP contribution < -0.4 is 5.32 Å². The van der Waals surface area contributed by atoms with E-state index in [0.717, 1.165) is 0 Å². The van der Waals surface area contributed by atoms with Crippen LogP contribution in [0.25, 0.3) is 0 Å². The molecule has 5 nitrogen and oxygen atoms in total. The van der Waals surface area contributed by atoms with E-state index in [1.165, 1.54) is 9.80 Å². The monoisotopic (exact) mass is 341 g/mol. The largest absolute Gasteiger partial charge is 0.393 e. The van der Waals surface area contributed by atoms with Crippen LogP contribution in [0.2, 0.25) is 0 Å². The molecule has 23 heavy (non-hydrogen) atoms. The summed E-state index contributed by atoms with van der Waals surface area (Å²) in [5.74, 6) is -4.02. The molecular weight excluding hydrogens is 318 g/mol. The van der Waals surface area contributed by atoms with Gasteiger partial charge in [0.15, 0.2) is 0 Å². The van der Waals surface area contributed by atoms with Crippen LogP contribution in [0.15, 0.2) is 0 Å². The predicted octanol–water partition coefficient (Wildman–Crippen LogP) is 1.52. The third-order valence-corrected chi connectivity index (χ3v) is 4.44. The molecule has 9 heteroatoms. The fourth-order valence-electron chi connectivity index (χ4n) is 2.96. The summed E-state index contributed by atoms with van der Waals surface area (Å²) in [7, 11) is 0. The van der Waals surface area contributed by atoms with Gasteiger partial charge in [0.25, 0.3) is 0 Å². The fraction of sp³-hybridized carbons (Fsp3) is 0.929. The van der Waals surface area contributed by atoms with Crippen LogP contribution in [0, 0.1) is 0 Å². The Kier molecular flexibility index (Phi) is 6.07. The van der Waals surface area contributed by atoms with Crippen molar-refractivity contribution in [3.05, 3.63) is 0 Å². The van der Waals surface area contributed by atoms with Crippen LogP contribution >= 0.6 is 0 Å². The number of amides is 2. The van der Waals surface area contributed by atoms with Crippen molar-refractivity contribution < 1.29 is 27.5 Å². The molecule has 0 atom stereocenters. The van der Waals surface area contributed by atoms with Crippen LogP contribution in [-0.4, -0.2) is 78.2 Å². The summed E-state index contributed by atoms with van der Waals surface area (Å²) in [5, 5.41) is 12.3. The summed E-state index contributed by atoms with van der Waals surface area (Å²) in [6.07, 6.45) is -1.24. The number of rotatable bonds is 4. The molecular formula is C14H23F4N3O2. The molecule has 0 aromatic rings. The van der Waals surface area contributed by atoms with E-state index in [1.807, 2.05) is 0 Å². The molecule has 1 heterocycles. The normalized spacial score (nSPS) is 27.3. The minimum absolute atomic E-state index is 0.0205. The third-order valence-electron chi connectivity index (χ3n) is 4.44. The summed E-state index contributed by atoms with van der Waals surface area (Å²) in [6.45, 7) is -0.208. The highest BCUT2D eigenvalue weighted by Gasteiger charge is 2.42. The zero-order valence-electron chi connectivity index (χ0n) is 12.9. The van der Waals surface area contributed by atoms with E-state index in [9.17, 15) is 27.5 Å². The van der Waals surface area contributed by atoms with Crippen molar-refractivity contribution in [1.82, 2.24) is 15.1 Å². The Bertz CT molecular complexity index is 395. The number of nitrogens with one attached hydrogen (secondary N) is 1. The van der Waals surface area contributed by atoms with E-state index in [-0.39, 0.29) is 44.4 Å². The van der Waals surface area contributed by atoms with Gasteiger partial charge in [0.2, 0.25) is 0 Å². The second kappa shape index (κ2) is 7.65. The first-order valence-electron chi connectivity index (χ1n) is 7.90. The molecule has 0 unspecified atom stereocenters. The third kappa shape index (κ3) is 5.20. The molecule has 0 aromatic heterocycles. The Morgan fingerprint density at radius 1 is 1.13 bits per heavy atom. The second-order valence-corrected chi connectivity index (χ2v) is 6.28. The smallest absolute Gasteiger partial charge is 0.319 e. The van der Waals surface area contributed by atoms with Gasteiger partial charge in [-0.3, -0.25) is 4.90 Å². The highest BCUT2D eigenvalue weighted by Crippen LogP contribution is 2.24. The van der Waals surface area contributed by atoms with Gasteiger partial charge in [-0.15, -0.1) is 0 Å². The van der Waals surface area contributed by atoms with Crippen molar-refractivity contribution in [2.75, 3.05) is 32.7 Å². The number of aliphatic hydroxyl groups excluding tert-OH is 1. The Balaban J connectivity index is 1.72. The van der Waals surface area contributed by atoms with Crippen LogP contribution in [0.1, 0.15) is 25.7 Å². The molecule has 2 amide bonds. The van der Waals surface area contributed by atoms with Crippen molar-refractivity contribution in [1.29, 1.82) is 0 Å². The lowest BCUT2D eigenvalue weighted by Crippen LogP contribution is -2.56. The SMILES string of the molecule is O=C(NC1CCC(O)CC1)N1CCN(CC(F)(F)C(F)F)CC1. The van der Waals surface area contributed by atoms with Gasteiger partial charge in [0.1, 0.15) is 0 Å². The van der Waals surface area contributed by atoms with Crippen LogP contribution in [0.3, 0.4) is 0 Å². The number of hydrogen-bond acceptors (Lipinski definition) is 3. The summed E-state index contributed by atoms with van der Waals surface area (Å²) in [5.41, 5.74) is 0. The first kappa shape index (κ1) is 18.3. The maximum absolute atomic E-state index is 13.0. The molecule has 2 aliphatic rings. The number of alkyl halides is 4. The summed E-state index contributed by atoms with van der Waals surface area (Å²) in [6, 6.07) is -0.237. The number of carbonyl (C=O) groups is 1. The number of hydrogen-bond donors (Lipinski definition) is 2. The van der Waals surface area contributed by atoms with Gasteiger partial charge in [-0.25, -0.2) is 13.6 Å². The molecule has 1 saturated carbocycles. The lowest BCUT2D eigenvalue weighted by molar-refractivity contribution is -0.144. The van der Waals surface area contributed by atoms with Crippen molar-refractivity contribution in [2.45, 2.75) is 50.2 Å². The Labute approximate surface area is 132 Å². The lowest BCUT2D eigenvalue weighted by Gasteiger charge is -2.37. The van der Waals surface area contributed by atoms with Crippen LogP contribution in [0.5, 0.6) is 0 Å². The minimum Gasteiger partial charge on any atom is -0.393 e. The quantitative estimate of drug-likeness (QED) is 0.763. The second-order valence-electron chi connectivity index (χ2n) is 6.28. The molecule has 134 valence electrons. The fourth-order valence-corrected chi connectivity index (χ4v) is 2.96. The average Bonchev–Trinajstić information content (AvgIpc) is 2.49. The van der Waals surface area contributed by atoms with E-state index in [0.29, 0.717) is 25.7 Å². The van der Waals surface area contributed by atoms with E-state index >= 15 is 0 Å². The molecule has 2 fully saturated rings. The average molecular weight is 341 g/mol. The van der Waals surface area contributed by atoms with E-state index in [4.69, 9.17) is 0 Å². The molecule has 0 bridgehead atoms. The zero-order chi connectivity index (χ0) is 17.0. The van der Waals surface area contributed by atoms with Gasteiger partial charge < -0.3 is 15.3 Å². The maximum atomic E-state index is 13.0. The number of urea groups is 1. The first-order chi connectivity index (χ1) is 10.8. The molecule has 2 rings (SSSR count). The molecule has 0 radical (unpaired) electrons. The van der Waals surface area contributed by atoms with Gasteiger partial charge >= 0.3 is 18.4 Å². The summed E-state index contributed by atoms with van der Waals surface area (Å²) < 4.78 is 50.4. The number of halogens is 4. The Hall–Kier alpha value is -1.09. The summed E-state index contributed by atoms with van der Waals surface area (Å²) >= 11 is 0. The summed E-state index contributed by atoms with van der Waals surface area (Å²) in [4.78, 5) is 14.9. The maximum Gasteiger partial charge on any atom is 0.319 e. The highest BCUT2D eigenvalue weighted by molar-refractivity contribution is 5.74. The number of piperazine rings is 1. The van der Waals surface area contributed by atoms with E-state index in [2.05, 4.69) is 5.32 Å². The zero-order valence-corrected chi connectivity index (χ0v) is 12.9. The minimum atomic E-state index is -4.02. The Morgan fingerprint density at radius 2 is 1.70 bits per heavy atom. The van der Waals surface area contributed by atoms with Gasteiger partial charge in [-0.1, -0.05) is 0 Å². The van der Waals surface area contributed by atoms with E-state index < -0.39 is 18.9 Å². The molecule has 0 aromatic carbocycles. The number of aliphatic hydroxyl groups is 1. The van der Waals surface area contributed by atoms with Crippen LogP contribution in [0.4, 0.5) is 22.4 Å². The van der Waals surface area contributed by atoms with Crippen molar-refractivity contribution >= 4 is 6.03 Å². The van der Waals surface area contributed by atoms with E-state index in [1.54, 1.807) is 0 Å². The van der Waals surface area contributed by atoms with Crippen LogP contribution in [-0.2, 0) is 0 Å². The topological polar surface area (TPSA) is 55.8 Å². The predicted molar refractivity (Wildman–Crippen MR) is 75.8 cm³/mol. The lowest BCUT2D eigenvalue weighted by atomic mass is 9.93. The molecule has 0 spiro atoms. The first-order valence-corrected chi connectivity index (χ1v) is 7.90. The van der Waals surface area contributed by atoms with Crippen molar-refractivity contribution in [2.24, 2.45) is 0 Å². The van der Waals surface area contributed by atoms with Gasteiger partial charge in [-0.2, -0.15) is 8.78 Å². The standard InChI is InChI=1S/C14H23F4N3O2/c15-12(16)14(17,18)9-20-5-7-21(8-6-20)13(23)19-10-1-3-11(22)4-2-10/h10-12,22H,1-9H2,(H,19,23).